The Morgan fingerprint density at radius 2 is 1.64 bits per heavy atom. The molecule has 0 radical (unpaired) electrons. The molecule has 3 aromatic carbocycles. The zero-order valence-electron chi connectivity index (χ0n) is 24.2. The van der Waals surface area contributed by atoms with E-state index in [0.717, 1.165) is 74.8 Å². The van der Waals surface area contributed by atoms with Gasteiger partial charge in [0.05, 0.1) is 12.6 Å². The number of methoxy groups -OCH3 is 1. The summed E-state index contributed by atoms with van der Waals surface area (Å²) in [4.78, 5) is 15.9. The summed E-state index contributed by atoms with van der Waals surface area (Å²) in [6.45, 7) is 5.00. The molecule has 5 rings (SSSR count). The molecule has 2 heterocycles. The fourth-order valence-corrected chi connectivity index (χ4v) is 5.42. The lowest BCUT2D eigenvalue weighted by molar-refractivity contribution is -0.120. The van der Waals surface area contributed by atoms with E-state index in [1.54, 1.807) is 31.4 Å². The molecule has 4 aromatic rings. The lowest BCUT2D eigenvalue weighted by Gasteiger charge is -2.33. The van der Waals surface area contributed by atoms with Crippen molar-refractivity contribution in [1.29, 1.82) is 0 Å². The number of hydrogen-bond acceptors (Lipinski definition) is 6. The number of benzene rings is 3. The number of carbonyl (C=O) groups is 1. The number of aromatic nitrogens is 1. The van der Waals surface area contributed by atoms with Crippen LogP contribution in [0.1, 0.15) is 42.1 Å². The largest absolute Gasteiger partial charge is 0.494 e. The van der Waals surface area contributed by atoms with Crippen LogP contribution in [0.4, 0.5) is 0 Å². The molecule has 0 spiro atoms. The Balaban J connectivity index is 0.000000343. The SMILES string of the molecule is COCCCNCCCCOc1ccc(C2c3[nH]c4ccc(Cl)cc4c3CCN2C)cc1.O=COc1ccc(Cl)cc1. The Hall–Kier alpha value is -3.07. The van der Waals surface area contributed by atoms with Crippen molar-refractivity contribution in [2.24, 2.45) is 0 Å². The fourth-order valence-electron chi connectivity index (χ4n) is 5.13. The van der Waals surface area contributed by atoms with E-state index in [4.69, 9.17) is 32.7 Å². The molecule has 1 aliphatic rings. The van der Waals surface area contributed by atoms with Crippen molar-refractivity contribution in [1.82, 2.24) is 15.2 Å². The van der Waals surface area contributed by atoms with Gasteiger partial charge in [0.1, 0.15) is 11.5 Å². The number of likely N-dealkylation sites (N-methyl/N-ethyl adjacent to an activating group) is 1. The minimum absolute atomic E-state index is 0.211. The summed E-state index contributed by atoms with van der Waals surface area (Å²) in [5, 5.41) is 6.10. The molecule has 0 bridgehead atoms. The van der Waals surface area contributed by atoms with E-state index < -0.39 is 0 Å². The Labute approximate surface area is 258 Å². The van der Waals surface area contributed by atoms with Crippen LogP contribution in [-0.4, -0.2) is 63.4 Å². The van der Waals surface area contributed by atoms with E-state index >= 15 is 0 Å². The third-order valence-electron chi connectivity index (χ3n) is 7.24. The second kappa shape index (κ2) is 16.5. The first kappa shape index (κ1) is 31.9. The molecule has 0 saturated carbocycles. The zero-order chi connectivity index (χ0) is 29.7. The summed E-state index contributed by atoms with van der Waals surface area (Å²) in [5.74, 6) is 1.43. The van der Waals surface area contributed by atoms with Gasteiger partial charge < -0.3 is 24.5 Å². The van der Waals surface area contributed by atoms with Crippen molar-refractivity contribution in [2.75, 3.05) is 47.0 Å². The topological polar surface area (TPSA) is 75.8 Å². The molecule has 9 heteroatoms. The summed E-state index contributed by atoms with van der Waals surface area (Å²) >= 11 is 11.8. The standard InChI is InChI=1S/C26H34ClN3O2.C7H5ClO2/c1-30-15-12-22-23-18-20(27)8-11-24(23)29-25(22)26(30)19-6-9-21(10-7-19)32-17-4-3-13-28-14-5-16-31-2;8-6-1-3-7(4-2-6)10-5-9/h6-11,18,26,28-29H,3-5,12-17H2,1-2H3;1-5H. The van der Waals surface area contributed by atoms with E-state index in [0.29, 0.717) is 17.2 Å². The minimum atomic E-state index is 0.211. The second-order valence-corrected chi connectivity index (χ2v) is 11.1. The number of hydrogen-bond donors (Lipinski definition) is 2. The van der Waals surface area contributed by atoms with Crippen molar-refractivity contribution in [2.45, 2.75) is 31.7 Å². The van der Waals surface area contributed by atoms with Crippen LogP contribution in [0.5, 0.6) is 11.5 Å². The molecular weight excluding hydrogens is 573 g/mol. The number of fused-ring (bicyclic) bond motifs is 3. The molecule has 0 fully saturated rings. The number of aromatic amines is 1. The first-order valence-electron chi connectivity index (χ1n) is 14.3. The van der Waals surface area contributed by atoms with Crippen LogP contribution in [0.25, 0.3) is 10.9 Å². The number of carbonyl (C=O) groups excluding carboxylic acids is 1. The van der Waals surface area contributed by atoms with Crippen molar-refractivity contribution in [3.8, 4) is 11.5 Å². The Kier molecular flexibility index (Phi) is 12.5. The first-order valence-corrected chi connectivity index (χ1v) is 15.0. The lowest BCUT2D eigenvalue weighted by atomic mass is 9.93. The van der Waals surface area contributed by atoms with Crippen molar-refractivity contribution in [3.05, 3.63) is 93.6 Å². The monoisotopic (exact) mass is 611 g/mol. The van der Waals surface area contributed by atoms with Gasteiger partial charge in [-0.05, 0) is 112 Å². The maximum Gasteiger partial charge on any atom is 0.298 e. The van der Waals surface area contributed by atoms with E-state index in [9.17, 15) is 4.79 Å². The Morgan fingerprint density at radius 1 is 0.929 bits per heavy atom. The van der Waals surface area contributed by atoms with Gasteiger partial charge in [-0.15, -0.1) is 0 Å². The zero-order valence-corrected chi connectivity index (χ0v) is 25.7. The van der Waals surface area contributed by atoms with Gasteiger partial charge in [0, 0.05) is 46.9 Å². The number of ether oxygens (including phenoxy) is 3. The van der Waals surface area contributed by atoms with Gasteiger partial charge in [0.25, 0.3) is 6.47 Å². The number of nitrogens with zero attached hydrogens (tertiary/aromatic N) is 1. The first-order chi connectivity index (χ1) is 20.5. The number of H-pyrrole nitrogens is 1. The highest BCUT2D eigenvalue weighted by atomic mass is 35.5. The molecule has 0 saturated heterocycles. The molecule has 224 valence electrons. The maximum atomic E-state index is 9.80. The van der Waals surface area contributed by atoms with Crippen LogP contribution < -0.4 is 14.8 Å². The molecule has 2 N–H and O–H groups in total. The molecule has 7 nitrogen and oxygen atoms in total. The summed E-state index contributed by atoms with van der Waals surface area (Å²) in [6, 6.07) is 21.5. The third-order valence-corrected chi connectivity index (χ3v) is 7.73. The predicted molar refractivity (Wildman–Crippen MR) is 170 cm³/mol. The number of unbranched alkanes of at least 4 members (excludes halogenated alkanes) is 1. The Morgan fingerprint density at radius 3 is 2.38 bits per heavy atom. The smallest absolute Gasteiger partial charge is 0.298 e. The summed E-state index contributed by atoms with van der Waals surface area (Å²) in [7, 11) is 3.94. The summed E-state index contributed by atoms with van der Waals surface area (Å²) < 4.78 is 15.5. The molecular formula is C33H39Cl2N3O4. The molecule has 1 aromatic heterocycles. The van der Waals surface area contributed by atoms with E-state index in [1.807, 2.05) is 6.07 Å². The van der Waals surface area contributed by atoms with E-state index in [-0.39, 0.29) is 6.04 Å². The van der Waals surface area contributed by atoms with Crippen LogP contribution in [-0.2, 0) is 16.0 Å². The molecule has 1 aliphatic heterocycles. The van der Waals surface area contributed by atoms with Gasteiger partial charge in [-0.25, -0.2) is 0 Å². The molecule has 0 aliphatic carbocycles. The van der Waals surface area contributed by atoms with Crippen molar-refractivity contribution < 1.29 is 19.0 Å². The fraction of sp³-hybridized carbons (Fsp3) is 0.364. The molecule has 1 unspecified atom stereocenters. The lowest BCUT2D eigenvalue weighted by Crippen LogP contribution is -2.32. The van der Waals surface area contributed by atoms with E-state index in [2.05, 4.69) is 63.4 Å². The highest BCUT2D eigenvalue weighted by Crippen LogP contribution is 2.38. The molecule has 1 atom stereocenters. The molecule has 0 amide bonds. The van der Waals surface area contributed by atoms with Crippen molar-refractivity contribution in [3.63, 3.8) is 0 Å². The van der Waals surface area contributed by atoms with Crippen LogP contribution in [0.15, 0.2) is 66.7 Å². The van der Waals surface area contributed by atoms with Crippen molar-refractivity contribution >= 4 is 40.6 Å². The van der Waals surface area contributed by atoms with Gasteiger partial charge in [-0.3, -0.25) is 9.69 Å². The number of rotatable bonds is 13. The van der Waals surface area contributed by atoms with Gasteiger partial charge in [-0.1, -0.05) is 35.3 Å². The highest BCUT2D eigenvalue weighted by molar-refractivity contribution is 6.31. The summed E-state index contributed by atoms with van der Waals surface area (Å²) in [5.41, 5.74) is 5.11. The van der Waals surface area contributed by atoms with Crippen LogP contribution in [0, 0.1) is 0 Å². The highest BCUT2D eigenvalue weighted by Gasteiger charge is 2.29. The number of nitrogens with one attached hydrogen (secondary N) is 2. The second-order valence-electron chi connectivity index (χ2n) is 10.2. The maximum absolute atomic E-state index is 9.80. The van der Waals surface area contributed by atoms with Crippen LogP contribution >= 0.6 is 23.2 Å². The van der Waals surface area contributed by atoms with Gasteiger partial charge >= 0.3 is 0 Å². The summed E-state index contributed by atoms with van der Waals surface area (Å²) in [6.07, 6.45) is 4.25. The average Bonchev–Trinajstić information content (AvgIpc) is 3.36. The van der Waals surface area contributed by atoms with Crippen LogP contribution in [0.3, 0.4) is 0 Å². The van der Waals surface area contributed by atoms with Gasteiger partial charge in [0.15, 0.2) is 0 Å². The average molecular weight is 613 g/mol. The van der Waals surface area contributed by atoms with Crippen LogP contribution in [0.2, 0.25) is 10.0 Å². The van der Waals surface area contributed by atoms with Gasteiger partial charge in [0.2, 0.25) is 0 Å². The normalized spacial score (nSPS) is 14.6. The predicted octanol–water partition coefficient (Wildman–Crippen LogP) is 7.06. The minimum Gasteiger partial charge on any atom is -0.494 e. The van der Waals surface area contributed by atoms with E-state index in [1.165, 1.54) is 22.2 Å². The quantitative estimate of drug-likeness (QED) is 0.124. The molecule has 42 heavy (non-hydrogen) atoms. The van der Waals surface area contributed by atoms with Gasteiger partial charge in [-0.2, -0.15) is 0 Å². The third kappa shape index (κ3) is 8.96. The number of halogens is 2. The Bertz CT molecular complexity index is 1390.